The molecule has 0 aliphatic carbocycles. The molecule has 1 amide bonds. The Kier molecular flexibility index (Phi) is 6.03. The molecule has 0 aliphatic heterocycles. The highest BCUT2D eigenvalue weighted by molar-refractivity contribution is 5.86. The lowest BCUT2D eigenvalue weighted by molar-refractivity contribution is -0.122. The second-order valence-electron chi connectivity index (χ2n) is 6.54. The molecule has 2 unspecified atom stereocenters. The number of benzene rings is 3. The van der Waals surface area contributed by atoms with E-state index in [9.17, 15) is 9.90 Å². The molecule has 0 saturated heterocycles. The molecule has 0 radical (unpaired) electrons. The standard InChI is InChI=1S/C23H25NO2/c1-2-19(17-9-4-3-5-10-17)23(26)24-16-15-22(25)21-14-8-12-18-11-6-7-13-20(18)21/h3-14,19,22,25H,2,15-16H2,1H3,(H,24,26). The van der Waals surface area contributed by atoms with Crippen LogP contribution >= 0.6 is 0 Å². The Labute approximate surface area is 154 Å². The molecule has 3 heteroatoms. The van der Waals surface area contributed by atoms with Crippen molar-refractivity contribution in [2.75, 3.05) is 6.54 Å². The van der Waals surface area contributed by atoms with Gasteiger partial charge in [-0.3, -0.25) is 4.79 Å². The molecule has 0 heterocycles. The average Bonchev–Trinajstić information content (AvgIpc) is 2.69. The second-order valence-corrected chi connectivity index (χ2v) is 6.54. The summed E-state index contributed by atoms with van der Waals surface area (Å²) in [6.07, 6.45) is 0.644. The highest BCUT2D eigenvalue weighted by Gasteiger charge is 2.18. The highest BCUT2D eigenvalue weighted by atomic mass is 16.3. The zero-order chi connectivity index (χ0) is 18.4. The minimum absolute atomic E-state index is 0.0174. The number of carbonyl (C=O) groups excluding carboxylic acids is 1. The quantitative estimate of drug-likeness (QED) is 0.657. The summed E-state index contributed by atoms with van der Waals surface area (Å²) in [5.74, 6) is -0.130. The van der Waals surface area contributed by atoms with Gasteiger partial charge in [0.05, 0.1) is 12.0 Å². The number of nitrogens with one attached hydrogen (secondary N) is 1. The number of carbonyl (C=O) groups is 1. The number of hydrogen-bond acceptors (Lipinski definition) is 2. The summed E-state index contributed by atoms with van der Waals surface area (Å²) in [6, 6.07) is 23.8. The van der Waals surface area contributed by atoms with Crippen LogP contribution in [0, 0.1) is 0 Å². The highest BCUT2D eigenvalue weighted by Crippen LogP contribution is 2.26. The molecule has 26 heavy (non-hydrogen) atoms. The van der Waals surface area contributed by atoms with Gasteiger partial charge in [-0.25, -0.2) is 0 Å². The zero-order valence-electron chi connectivity index (χ0n) is 15.1. The first-order valence-electron chi connectivity index (χ1n) is 9.19. The van der Waals surface area contributed by atoms with E-state index in [1.165, 1.54) is 0 Å². The molecule has 3 aromatic rings. The third kappa shape index (κ3) is 4.12. The normalized spacial score (nSPS) is 13.3. The van der Waals surface area contributed by atoms with Crippen molar-refractivity contribution in [2.24, 2.45) is 0 Å². The summed E-state index contributed by atoms with van der Waals surface area (Å²) in [5, 5.41) is 15.7. The van der Waals surface area contributed by atoms with Crippen LogP contribution in [0.3, 0.4) is 0 Å². The van der Waals surface area contributed by atoms with Crippen LogP contribution < -0.4 is 5.32 Å². The van der Waals surface area contributed by atoms with E-state index in [4.69, 9.17) is 0 Å². The maximum Gasteiger partial charge on any atom is 0.227 e. The van der Waals surface area contributed by atoms with Crippen LogP contribution in [0.4, 0.5) is 0 Å². The molecule has 134 valence electrons. The predicted octanol–water partition coefficient (Wildman–Crippen LogP) is 4.57. The number of rotatable bonds is 7. The molecule has 0 saturated carbocycles. The van der Waals surface area contributed by atoms with Crippen molar-refractivity contribution in [1.29, 1.82) is 0 Å². The molecule has 0 bridgehead atoms. The molecule has 0 spiro atoms. The van der Waals surface area contributed by atoms with E-state index in [-0.39, 0.29) is 11.8 Å². The lowest BCUT2D eigenvalue weighted by Gasteiger charge is -2.17. The van der Waals surface area contributed by atoms with E-state index in [1.54, 1.807) is 0 Å². The molecule has 2 atom stereocenters. The Balaban J connectivity index is 1.61. The molecular weight excluding hydrogens is 322 g/mol. The van der Waals surface area contributed by atoms with Gasteiger partial charge in [0.15, 0.2) is 0 Å². The number of aliphatic hydroxyl groups excluding tert-OH is 1. The van der Waals surface area contributed by atoms with Crippen LogP contribution in [0.2, 0.25) is 0 Å². The molecule has 2 N–H and O–H groups in total. The molecule has 0 fully saturated rings. The van der Waals surface area contributed by atoms with Gasteiger partial charge in [0, 0.05) is 6.54 Å². The first-order chi connectivity index (χ1) is 12.7. The van der Waals surface area contributed by atoms with E-state index < -0.39 is 6.10 Å². The molecule has 3 aromatic carbocycles. The van der Waals surface area contributed by atoms with E-state index in [0.29, 0.717) is 13.0 Å². The van der Waals surface area contributed by atoms with Crippen LogP contribution in [0.25, 0.3) is 10.8 Å². The second kappa shape index (κ2) is 8.63. The monoisotopic (exact) mass is 347 g/mol. The van der Waals surface area contributed by atoms with Crippen molar-refractivity contribution in [3.8, 4) is 0 Å². The fourth-order valence-corrected chi connectivity index (χ4v) is 3.41. The Morgan fingerprint density at radius 1 is 0.962 bits per heavy atom. The van der Waals surface area contributed by atoms with Gasteiger partial charge in [0.2, 0.25) is 5.91 Å². The van der Waals surface area contributed by atoms with E-state index in [1.807, 2.05) is 79.7 Å². The van der Waals surface area contributed by atoms with Gasteiger partial charge in [0.25, 0.3) is 0 Å². The van der Waals surface area contributed by atoms with E-state index >= 15 is 0 Å². The van der Waals surface area contributed by atoms with Gasteiger partial charge < -0.3 is 10.4 Å². The molecular formula is C23H25NO2. The van der Waals surface area contributed by atoms with Crippen molar-refractivity contribution in [1.82, 2.24) is 5.32 Å². The largest absolute Gasteiger partial charge is 0.388 e. The van der Waals surface area contributed by atoms with Crippen LogP contribution in [0.1, 0.15) is 42.9 Å². The Bertz CT molecular complexity index is 855. The van der Waals surface area contributed by atoms with Crippen molar-refractivity contribution in [2.45, 2.75) is 31.8 Å². The third-order valence-corrected chi connectivity index (χ3v) is 4.83. The van der Waals surface area contributed by atoms with Crippen LogP contribution in [0.15, 0.2) is 72.8 Å². The fraction of sp³-hybridized carbons (Fsp3) is 0.261. The van der Waals surface area contributed by atoms with Crippen molar-refractivity contribution >= 4 is 16.7 Å². The van der Waals surface area contributed by atoms with Gasteiger partial charge in [-0.05, 0) is 34.7 Å². The van der Waals surface area contributed by atoms with Crippen molar-refractivity contribution < 1.29 is 9.90 Å². The summed E-state index contributed by atoms with van der Waals surface area (Å²) >= 11 is 0. The van der Waals surface area contributed by atoms with Gasteiger partial charge in [0.1, 0.15) is 0 Å². The Morgan fingerprint density at radius 3 is 2.42 bits per heavy atom. The van der Waals surface area contributed by atoms with Gasteiger partial charge in [-0.1, -0.05) is 79.7 Å². The summed E-state index contributed by atoms with van der Waals surface area (Å²) in [7, 11) is 0. The first-order valence-corrected chi connectivity index (χ1v) is 9.19. The van der Waals surface area contributed by atoms with Crippen LogP contribution in [-0.4, -0.2) is 17.6 Å². The molecule has 0 aromatic heterocycles. The molecule has 3 nitrogen and oxygen atoms in total. The lowest BCUT2D eigenvalue weighted by atomic mass is 9.95. The average molecular weight is 347 g/mol. The van der Waals surface area contributed by atoms with Gasteiger partial charge >= 0.3 is 0 Å². The molecule has 3 rings (SSSR count). The van der Waals surface area contributed by atoms with Crippen molar-refractivity contribution in [3.05, 3.63) is 83.9 Å². The Morgan fingerprint density at radius 2 is 1.65 bits per heavy atom. The Hall–Kier alpha value is -2.65. The van der Waals surface area contributed by atoms with Crippen LogP contribution in [0.5, 0.6) is 0 Å². The number of aliphatic hydroxyl groups is 1. The minimum atomic E-state index is -0.599. The minimum Gasteiger partial charge on any atom is -0.388 e. The SMILES string of the molecule is CCC(C(=O)NCCC(O)c1cccc2ccccc12)c1ccccc1. The first kappa shape index (κ1) is 18.2. The lowest BCUT2D eigenvalue weighted by Crippen LogP contribution is -2.30. The number of fused-ring (bicyclic) bond motifs is 1. The topological polar surface area (TPSA) is 49.3 Å². The van der Waals surface area contributed by atoms with E-state index in [0.717, 1.165) is 28.3 Å². The fourth-order valence-electron chi connectivity index (χ4n) is 3.41. The molecule has 0 aliphatic rings. The summed E-state index contributed by atoms with van der Waals surface area (Å²) in [5.41, 5.74) is 1.94. The maximum absolute atomic E-state index is 12.5. The summed E-state index contributed by atoms with van der Waals surface area (Å²) < 4.78 is 0. The van der Waals surface area contributed by atoms with E-state index in [2.05, 4.69) is 5.32 Å². The predicted molar refractivity (Wildman–Crippen MR) is 106 cm³/mol. The number of hydrogen-bond donors (Lipinski definition) is 2. The van der Waals surface area contributed by atoms with Gasteiger partial charge in [-0.15, -0.1) is 0 Å². The maximum atomic E-state index is 12.5. The van der Waals surface area contributed by atoms with Crippen LogP contribution in [-0.2, 0) is 4.79 Å². The van der Waals surface area contributed by atoms with Gasteiger partial charge in [-0.2, -0.15) is 0 Å². The zero-order valence-corrected chi connectivity index (χ0v) is 15.1. The smallest absolute Gasteiger partial charge is 0.227 e. The summed E-state index contributed by atoms with van der Waals surface area (Å²) in [6.45, 7) is 2.47. The number of amides is 1. The third-order valence-electron chi connectivity index (χ3n) is 4.83. The summed E-state index contributed by atoms with van der Waals surface area (Å²) in [4.78, 5) is 12.5. The van der Waals surface area contributed by atoms with Crippen molar-refractivity contribution in [3.63, 3.8) is 0 Å².